The lowest BCUT2D eigenvalue weighted by Crippen LogP contribution is -2.47. The molecule has 0 unspecified atom stereocenters. The highest BCUT2D eigenvalue weighted by molar-refractivity contribution is 9.09. The molecule has 3 aliphatic heterocycles. The van der Waals surface area contributed by atoms with Crippen molar-refractivity contribution in [3.05, 3.63) is 0 Å². The molecule has 116 valence electrons. The minimum Gasteiger partial charge on any atom is -0.376 e. The predicted molar refractivity (Wildman–Crippen MR) is 82.4 cm³/mol. The van der Waals surface area contributed by atoms with Gasteiger partial charge in [-0.2, -0.15) is 0 Å². The van der Waals surface area contributed by atoms with Crippen molar-refractivity contribution in [2.24, 2.45) is 0 Å². The highest BCUT2D eigenvalue weighted by atomic mass is 79.9. The van der Waals surface area contributed by atoms with Crippen LogP contribution in [0.25, 0.3) is 0 Å². The van der Waals surface area contributed by atoms with E-state index in [2.05, 4.69) is 36.7 Å². The van der Waals surface area contributed by atoms with Gasteiger partial charge in [-0.15, -0.1) is 0 Å². The van der Waals surface area contributed by atoms with E-state index in [9.17, 15) is 0 Å². The summed E-state index contributed by atoms with van der Waals surface area (Å²) in [5, 5.41) is 0. The molecule has 3 rings (SSSR count). The van der Waals surface area contributed by atoms with Gasteiger partial charge in [-0.25, -0.2) is 0 Å². The molecule has 0 aromatic rings. The Balaban J connectivity index is 1.82. The lowest BCUT2D eigenvalue weighted by Gasteiger charge is -2.40. The molecule has 5 atom stereocenters. The van der Waals surface area contributed by atoms with Crippen LogP contribution in [0.2, 0.25) is 0 Å². The van der Waals surface area contributed by atoms with Crippen LogP contribution in [0.5, 0.6) is 0 Å². The number of hydrogen-bond donors (Lipinski definition) is 0. The molecule has 0 bridgehead atoms. The van der Waals surface area contributed by atoms with Gasteiger partial charge in [0.25, 0.3) is 0 Å². The Morgan fingerprint density at radius 2 is 1.75 bits per heavy atom. The molecule has 3 fully saturated rings. The summed E-state index contributed by atoms with van der Waals surface area (Å²) in [6, 6.07) is 0. The van der Waals surface area contributed by atoms with Crippen molar-refractivity contribution in [2.45, 2.75) is 93.6 Å². The summed E-state index contributed by atoms with van der Waals surface area (Å²) in [4.78, 5) is 0.390. The number of rotatable bonds is 0. The quantitative estimate of drug-likeness (QED) is 0.624. The van der Waals surface area contributed by atoms with E-state index in [1.807, 2.05) is 0 Å². The van der Waals surface area contributed by atoms with Crippen LogP contribution in [-0.4, -0.2) is 40.9 Å². The molecule has 3 heterocycles. The van der Waals surface area contributed by atoms with Crippen LogP contribution in [-0.2, 0) is 14.2 Å². The fourth-order valence-electron chi connectivity index (χ4n) is 3.86. The first-order valence-electron chi connectivity index (χ1n) is 8.02. The summed E-state index contributed by atoms with van der Waals surface area (Å²) < 4.78 is 19.0. The van der Waals surface area contributed by atoms with Gasteiger partial charge in [0.1, 0.15) is 0 Å². The molecule has 0 spiro atoms. The van der Waals surface area contributed by atoms with Crippen molar-refractivity contribution >= 4 is 15.9 Å². The van der Waals surface area contributed by atoms with Crippen LogP contribution < -0.4 is 0 Å². The van der Waals surface area contributed by atoms with Crippen LogP contribution in [0.3, 0.4) is 0 Å². The first-order valence-corrected chi connectivity index (χ1v) is 8.94. The Morgan fingerprint density at radius 1 is 0.950 bits per heavy atom. The van der Waals surface area contributed by atoms with Gasteiger partial charge in [-0.3, -0.25) is 0 Å². The fraction of sp³-hybridized carbons (Fsp3) is 1.00. The first kappa shape index (κ1) is 15.3. The van der Waals surface area contributed by atoms with Crippen LogP contribution in [0.15, 0.2) is 0 Å². The molecule has 0 radical (unpaired) electrons. The van der Waals surface area contributed by atoms with E-state index in [-0.39, 0.29) is 29.5 Å². The zero-order valence-electron chi connectivity index (χ0n) is 12.9. The van der Waals surface area contributed by atoms with E-state index in [1.165, 1.54) is 0 Å². The molecule has 0 N–H and O–H groups in total. The molecule has 20 heavy (non-hydrogen) atoms. The van der Waals surface area contributed by atoms with Gasteiger partial charge in [0, 0.05) is 11.4 Å². The number of ether oxygens (including phenoxy) is 3. The van der Waals surface area contributed by atoms with Crippen molar-refractivity contribution in [1.29, 1.82) is 0 Å². The number of hydrogen-bond acceptors (Lipinski definition) is 3. The van der Waals surface area contributed by atoms with E-state index < -0.39 is 0 Å². The molecule has 0 amide bonds. The van der Waals surface area contributed by atoms with Gasteiger partial charge in [-0.05, 0) is 59.3 Å². The van der Waals surface area contributed by atoms with E-state index in [1.54, 1.807) is 0 Å². The summed E-state index contributed by atoms with van der Waals surface area (Å²) in [5.74, 6) is 0. The standard InChI is InChI=1S/C16H27BrO3/c1-15(2)13(17)8-9-16(3)14(20-15)7-6-11-12(19-16)5-4-10-18-11/h11-14H,4-10H2,1-3H3/t11-,12+,13-,14-,16-/m1/s1. The molecular weight excluding hydrogens is 320 g/mol. The fourth-order valence-corrected chi connectivity index (χ4v) is 4.20. The SMILES string of the molecule is CC1(C)O[C@@H]2CC[C@H]3OCCC[C@@H]3O[C@]2(C)CC[C@H]1Br. The smallest absolute Gasteiger partial charge is 0.0920 e. The summed E-state index contributed by atoms with van der Waals surface area (Å²) in [5.41, 5.74) is -0.304. The molecule has 0 aromatic heterocycles. The molecule has 4 heteroatoms. The Bertz CT molecular complexity index is 360. The Labute approximate surface area is 130 Å². The number of halogens is 1. The number of alkyl halides is 1. The molecule has 0 aliphatic carbocycles. The minimum absolute atomic E-state index is 0.137. The molecular formula is C16H27BrO3. The highest BCUT2D eigenvalue weighted by Gasteiger charge is 2.49. The van der Waals surface area contributed by atoms with Gasteiger partial charge < -0.3 is 14.2 Å². The van der Waals surface area contributed by atoms with Crippen LogP contribution in [0.1, 0.15) is 59.3 Å². The Morgan fingerprint density at radius 3 is 2.55 bits per heavy atom. The summed E-state index contributed by atoms with van der Waals surface area (Å²) in [6.07, 6.45) is 7.22. The lowest BCUT2D eigenvalue weighted by atomic mass is 9.90. The van der Waals surface area contributed by atoms with E-state index >= 15 is 0 Å². The third kappa shape index (κ3) is 2.81. The van der Waals surface area contributed by atoms with Crippen molar-refractivity contribution in [3.8, 4) is 0 Å². The van der Waals surface area contributed by atoms with Crippen LogP contribution in [0.4, 0.5) is 0 Å². The Kier molecular flexibility index (Phi) is 4.22. The summed E-state index contributed by atoms with van der Waals surface area (Å²) >= 11 is 3.80. The average molecular weight is 347 g/mol. The third-order valence-electron chi connectivity index (χ3n) is 5.29. The number of fused-ring (bicyclic) bond motifs is 2. The van der Waals surface area contributed by atoms with Gasteiger partial charge in [0.05, 0.1) is 29.5 Å². The molecule has 3 nitrogen and oxygen atoms in total. The van der Waals surface area contributed by atoms with Crippen molar-refractivity contribution in [3.63, 3.8) is 0 Å². The van der Waals surface area contributed by atoms with Gasteiger partial charge in [0.15, 0.2) is 0 Å². The predicted octanol–water partition coefficient (Wildman–Crippen LogP) is 3.82. The zero-order valence-corrected chi connectivity index (χ0v) is 14.4. The van der Waals surface area contributed by atoms with Crippen molar-refractivity contribution in [1.82, 2.24) is 0 Å². The van der Waals surface area contributed by atoms with Crippen molar-refractivity contribution < 1.29 is 14.2 Å². The zero-order chi connectivity index (χ0) is 14.4. The van der Waals surface area contributed by atoms with Gasteiger partial charge in [0.2, 0.25) is 0 Å². The first-order chi connectivity index (χ1) is 9.41. The topological polar surface area (TPSA) is 27.7 Å². The van der Waals surface area contributed by atoms with Gasteiger partial charge in [-0.1, -0.05) is 15.9 Å². The normalized spacial score (nSPS) is 48.6. The lowest BCUT2D eigenvalue weighted by molar-refractivity contribution is -0.199. The third-order valence-corrected chi connectivity index (χ3v) is 6.85. The second kappa shape index (κ2) is 5.53. The Hall–Kier alpha value is 0.360. The monoisotopic (exact) mass is 346 g/mol. The largest absolute Gasteiger partial charge is 0.376 e. The van der Waals surface area contributed by atoms with Crippen LogP contribution in [0, 0.1) is 0 Å². The maximum atomic E-state index is 6.56. The van der Waals surface area contributed by atoms with Crippen LogP contribution >= 0.6 is 15.9 Å². The van der Waals surface area contributed by atoms with E-state index in [0.717, 1.165) is 45.1 Å². The van der Waals surface area contributed by atoms with E-state index in [4.69, 9.17) is 14.2 Å². The molecule has 0 saturated carbocycles. The summed E-state index contributed by atoms with van der Waals surface area (Å²) in [6.45, 7) is 7.51. The van der Waals surface area contributed by atoms with Crippen molar-refractivity contribution in [2.75, 3.05) is 6.61 Å². The maximum absolute atomic E-state index is 6.56. The van der Waals surface area contributed by atoms with Gasteiger partial charge >= 0.3 is 0 Å². The highest BCUT2D eigenvalue weighted by Crippen LogP contribution is 2.44. The van der Waals surface area contributed by atoms with E-state index in [0.29, 0.717) is 4.83 Å². The minimum atomic E-state index is -0.167. The average Bonchev–Trinajstić information content (AvgIpc) is 2.58. The molecule has 0 aromatic carbocycles. The second-order valence-corrected chi connectivity index (χ2v) is 8.42. The second-order valence-electron chi connectivity index (χ2n) is 7.31. The molecule has 3 saturated heterocycles. The maximum Gasteiger partial charge on any atom is 0.0920 e. The molecule has 3 aliphatic rings. The summed E-state index contributed by atoms with van der Waals surface area (Å²) in [7, 11) is 0.